The van der Waals surface area contributed by atoms with Gasteiger partial charge in [-0.2, -0.15) is 26.3 Å². The molecular weight excluding hydrogens is 411 g/mol. The summed E-state index contributed by atoms with van der Waals surface area (Å²) in [6.07, 6.45) is -8.29. The first-order valence-electron chi connectivity index (χ1n) is 5.49. The molecule has 1 nitrogen and oxygen atoms in total. The van der Waals surface area contributed by atoms with Gasteiger partial charge in [0.15, 0.2) is 0 Å². The van der Waals surface area contributed by atoms with Crippen LogP contribution in [0.5, 0.6) is 0 Å². The lowest BCUT2D eigenvalue weighted by atomic mass is 10.1. The van der Waals surface area contributed by atoms with Gasteiger partial charge in [-0.1, -0.05) is 12.1 Å². The van der Waals surface area contributed by atoms with Crippen LogP contribution in [-0.4, -0.2) is 4.98 Å². The molecule has 21 heavy (non-hydrogen) atoms. The number of aromatic nitrogens is 1. The van der Waals surface area contributed by atoms with Gasteiger partial charge in [-0.3, -0.25) is 4.98 Å². The van der Waals surface area contributed by atoms with Crippen molar-refractivity contribution in [3.8, 4) is 11.3 Å². The summed E-state index contributed by atoms with van der Waals surface area (Å²) in [5.74, 6) is 0. The molecule has 0 saturated carbocycles. The number of nitrogens with zero attached hydrogens (tertiary/aromatic N) is 1. The van der Waals surface area contributed by atoms with E-state index in [-0.39, 0.29) is 9.26 Å². The zero-order valence-electron chi connectivity index (χ0n) is 10.1. The third-order valence-electron chi connectivity index (χ3n) is 2.67. The second kappa shape index (κ2) is 5.47. The third kappa shape index (κ3) is 3.66. The van der Waals surface area contributed by atoms with Gasteiger partial charge in [0.05, 0.1) is 16.8 Å². The van der Waals surface area contributed by atoms with Crippen LogP contribution in [0.3, 0.4) is 0 Å². The summed E-state index contributed by atoms with van der Waals surface area (Å²) in [5, 5.41) is 0. The Hall–Kier alpha value is -1.32. The van der Waals surface area contributed by atoms with Crippen LogP contribution < -0.4 is 0 Å². The summed E-state index contributed by atoms with van der Waals surface area (Å²) in [5.41, 5.74) is -1.21. The smallest absolute Gasteiger partial charge is 0.256 e. The molecule has 0 aliphatic carbocycles. The molecule has 0 spiro atoms. The molecule has 112 valence electrons. The second-order valence-corrected chi connectivity index (χ2v) is 5.28. The van der Waals surface area contributed by atoms with Crippen LogP contribution in [0.4, 0.5) is 26.3 Å². The molecular formula is C13H6F6IN. The standard InChI is InChI=1S/C13H6F6IN/c14-12(15,16)8-3-1-7(2-4-8)11-5-10(20)9(6-21-11)13(17,18)19/h1-6H. The number of benzene rings is 1. The van der Waals surface area contributed by atoms with Crippen molar-refractivity contribution in [3.05, 3.63) is 51.2 Å². The molecule has 0 amide bonds. The van der Waals surface area contributed by atoms with Crippen LogP contribution in [0.1, 0.15) is 11.1 Å². The zero-order valence-corrected chi connectivity index (χ0v) is 12.2. The van der Waals surface area contributed by atoms with E-state index in [2.05, 4.69) is 4.98 Å². The summed E-state index contributed by atoms with van der Waals surface area (Å²) >= 11 is 1.52. The van der Waals surface area contributed by atoms with E-state index in [9.17, 15) is 26.3 Å². The van der Waals surface area contributed by atoms with E-state index in [1.807, 2.05) is 0 Å². The fourth-order valence-electron chi connectivity index (χ4n) is 1.63. The fraction of sp³-hybridized carbons (Fsp3) is 0.154. The van der Waals surface area contributed by atoms with Crippen LogP contribution in [-0.2, 0) is 12.4 Å². The van der Waals surface area contributed by atoms with E-state index >= 15 is 0 Å². The minimum Gasteiger partial charge on any atom is -0.256 e. The topological polar surface area (TPSA) is 12.9 Å². The molecule has 0 bridgehead atoms. The quantitative estimate of drug-likeness (QED) is 0.448. The monoisotopic (exact) mass is 417 g/mol. The summed E-state index contributed by atoms with van der Waals surface area (Å²) in [6.45, 7) is 0. The van der Waals surface area contributed by atoms with Crippen LogP contribution >= 0.6 is 22.6 Å². The lowest BCUT2D eigenvalue weighted by Gasteiger charge is -2.11. The Morgan fingerprint density at radius 3 is 1.86 bits per heavy atom. The Kier molecular flexibility index (Phi) is 4.18. The number of alkyl halides is 6. The van der Waals surface area contributed by atoms with Crippen LogP contribution in [0.2, 0.25) is 0 Å². The van der Waals surface area contributed by atoms with Gasteiger partial charge >= 0.3 is 12.4 Å². The van der Waals surface area contributed by atoms with Gasteiger partial charge in [0.2, 0.25) is 0 Å². The van der Waals surface area contributed by atoms with E-state index < -0.39 is 23.5 Å². The van der Waals surface area contributed by atoms with Crippen LogP contribution in [0.25, 0.3) is 11.3 Å². The van der Waals surface area contributed by atoms with E-state index in [0.717, 1.165) is 12.1 Å². The Balaban J connectivity index is 2.37. The highest BCUT2D eigenvalue weighted by Gasteiger charge is 2.33. The van der Waals surface area contributed by atoms with Crippen molar-refractivity contribution in [3.63, 3.8) is 0 Å². The molecule has 1 aromatic carbocycles. The highest BCUT2D eigenvalue weighted by Crippen LogP contribution is 2.34. The van der Waals surface area contributed by atoms with Gasteiger partial charge in [-0.05, 0) is 40.8 Å². The van der Waals surface area contributed by atoms with E-state index in [1.54, 1.807) is 0 Å². The molecule has 2 aromatic rings. The number of pyridine rings is 1. The summed E-state index contributed by atoms with van der Waals surface area (Å²) in [6, 6.07) is 5.26. The largest absolute Gasteiger partial charge is 0.418 e. The van der Waals surface area contributed by atoms with Crippen LogP contribution in [0.15, 0.2) is 36.5 Å². The van der Waals surface area contributed by atoms with Crippen molar-refractivity contribution in [1.29, 1.82) is 0 Å². The average molecular weight is 417 g/mol. The fourth-order valence-corrected chi connectivity index (χ4v) is 2.37. The number of rotatable bonds is 1. The minimum absolute atomic E-state index is 0.0648. The van der Waals surface area contributed by atoms with E-state index in [0.29, 0.717) is 11.8 Å². The zero-order chi connectivity index (χ0) is 15.8. The predicted octanol–water partition coefficient (Wildman–Crippen LogP) is 5.39. The van der Waals surface area contributed by atoms with Crippen molar-refractivity contribution in [2.45, 2.75) is 12.4 Å². The summed E-state index contributed by atoms with van der Waals surface area (Å²) < 4.78 is 75.0. The summed E-state index contributed by atoms with van der Waals surface area (Å²) in [4.78, 5) is 3.66. The molecule has 0 aliphatic rings. The molecule has 0 fully saturated rings. The van der Waals surface area contributed by atoms with Crippen molar-refractivity contribution in [1.82, 2.24) is 4.98 Å². The van der Waals surface area contributed by atoms with Crippen molar-refractivity contribution in [2.24, 2.45) is 0 Å². The molecule has 2 rings (SSSR count). The van der Waals surface area contributed by atoms with Gasteiger partial charge in [0, 0.05) is 15.3 Å². The van der Waals surface area contributed by atoms with Gasteiger partial charge in [-0.25, -0.2) is 0 Å². The lowest BCUT2D eigenvalue weighted by Crippen LogP contribution is -2.08. The van der Waals surface area contributed by atoms with Gasteiger partial charge in [-0.15, -0.1) is 0 Å². The van der Waals surface area contributed by atoms with Crippen LogP contribution in [0, 0.1) is 3.57 Å². The summed E-state index contributed by atoms with van der Waals surface area (Å²) in [7, 11) is 0. The maximum absolute atomic E-state index is 12.6. The first-order chi connectivity index (χ1) is 9.59. The maximum atomic E-state index is 12.6. The van der Waals surface area contributed by atoms with E-state index in [1.165, 1.54) is 40.8 Å². The molecule has 8 heteroatoms. The first-order valence-corrected chi connectivity index (χ1v) is 6.57. The number of hydrogen-bond acceptors (Lipinski definition) is 1. The van der Waals surface area contributed by atoms with E-state index in [4.69, 9.17) is 0 Å². The molecule has 0 radical (unpaired) electrons. The van der Waals surface area contributed by atoms with Gasteiger partial charge in [0.25, 0.3) is 0 Å². The number of halogens is 7. The number of hydrogen-bond donors (Lipinski definition) is 0. The van der Waals surface area contributed by atoms with Gasteiger partial charge < -0.3 is 0 Å². The maximum Gasteiger partial charge on any atom is 0.418 e. The third-order valence-corrected chi connectivity index (χ3v) is 3.56. The molecule has 0 aliphatic heterocycles. The van der Waals surface area contributed by atoms with Crippen molar-refractivity contribution < 1.29 is 26.3 Å². The molecule has 0 atom stereocenters. The Morgan fingerprint density at radius 1 is 0.857 bits per heavy atom. The van der Waals surface area contributed by atoms with Gasteiger partial charge in [0.1, 0.15) is 0 Å². The molecule has 1 heterocycles. The molecule has 0 N–H and O–H groups in total. The first kappa shape index (κ1) is 16.1. The molecule has 0 unspecified atom stereocenters. The lowest BCUT2D eigenvalue weighted by molar-refractivity contribution is -0.139. The SMILES string of the molecule is FC(F)(F)c1ccc(-c2cc(I)c(C(F)(F)F)cn2)cc1. The Labute approximate surface area is 129 Å². The Morgan fingerprint density at radius 2 is 1.43 bits per heavy atom. The Bertz CT molecular complexity index is 645. The minimum atomic E-state index is -4.51. The van der Waals surface area contributed by atoms with Crippen molar-refractivity contribution in [2.75, 3.05) is 0 Å². The normalized spacial score (nSPS) is 12.5. The molecule has 0 saturated heterocycles. The predicted molar refractivity (Wildman–Crippen MR) is 72.4 cm³/mol. The van der Waals surface area contributed by atoms with Crippen molar-refractivity contribution >= 4 is 22.6 Å². The highest BCUT2D eigenvalue weighted by atomic mass is 127. The molecule has 1 aromatic heterocycles. The average Bonchev–Trinajstić information content (AvgIpc) is 2.36. The second-order valence-electron chi connectivity index (χ2n) is 4.12. The highest BCUT2D eigenvalue weighted by molar-refractivity contribution is 14.1.